The van der Waals surface area contributed by atoms with Crippen LogP contribution in [0.1, 0.15) is 16.7 Å². The maximum atomic E-state index is 13.4. The van der Waals surface area contributed by atoms with E-state index in [-0.39, 0.29) is 12.5 Å². The summed E-state index contributed by atoms with van der Waals surface area (Å²) in [7, 11) is 0. The Morgan fingerprint density at radius 2 is 1.46 bits per heavy atom. The van der Waals surface area contributed by atoms with Gasteiger partial charge in [-0.3, -0.25) is 4.79 Å². The lowest BCUT2D eigenvalue weighted by Crippen LogP contribution is -2.47. The third-order valence-corrected chi connectivity index (χ3v) is 5.52. The quantitative estimate of drug-likeness (QED) is 0.710. The van der Waals surface area contributed by atoms with Gasteiger partial charge in [-0.25, -0.2) is 0 Å². The zero-order valence-corrected chi connectivity index (χ0v) is 15.3. The molecule has 0 bridgehead atoms. The third-order valence-electron chi connectivity index (χ3n) is 4.81. The van der Waals surface area contributed by atoms with Crippen LogP contribution in [0, 0.1) is 0 Å². The van der Waals surface area contributed by atoms with Gasteiger partial charge in [0.05, 0.1) is 12.2 Å². The minimum absolute atomic E-state index is 0.194. The standard InChI is InChI=1S/C21H16Cl2N2O/c22-17-10-6-11-18(23)15(17)13-25-19-12-5-4-9-16(19)21(24,20(25)26)14-7-2-1-3-8-14/h1-12H,13,24H2/t21-/m1/s1. The molecule has 2 N–H and O–H groups in total. The summed E-state index contributed by atoms with van der Waals surface area (Å²) in [6, 6.07) is 22.3. The SMILES string of the molecule is N[C@@]1(c2ccccc2)C(=O)N(Cc2c(Cl)cccc2Cl)c2ccccc21. The summed E-state index contributed by atoms with van der Waals surface area (Å²) in [5.74, 6) is -0.194. The predicted octanol–water partition coefficient (Wildman–Crippen LogP) is 4.74. The molecule has 1 amide bonds. The van der Waals surface area contributed by atoms with Gasteiger partial charge < -0.3 is 10.6 Å². The Morgan fingerprint density at radius 3 is 2.15 bits per heavy atom. The number of fused-ring (bicyclic) bond motifs is 1. The molecule has 0 aromatic heterocycles. The van der Waals surface area contributed by atoms with E-state index in [4.69, 9.17) is 28.9 Å². The van der Waals surface area contributed by atoms with Gasteiger partial charge in [0.15, 0.2) is 0 Å². The van der Waals surface area contributed by atoms with Gasteiger partial charge >= 0.3 is 0 Å². The molecular formula is C21H16Cl2N2O. The Balaban J connectivity index is 1.85. The van der Waals surface area contributed by atoms with Gasteiger partial charge in [0.2, 0.25) is 0 Å². The Morgan fingerprint density at radius 1 is 0.846 bits per heavy atom. The Kier molecular flexibility index (Phi) is 4.23. The van der Waals surface area contributed by atoms with E-state index in [0.29, 0.717) is 15.6 Å². The van der Waals surface area contributed by atoms with Crippen LogP contribution in [0.4, 0.5) is 5.69 Å². The van der Waals surface area contributed by atoms with Gasteiger partial charge in [-0.2, -0.15) is 0 Å². The monoisotopic (exact) mass is 382 g/mol. The molecule has 3 aromatic carbocycles. The lowest BCUT2D eigenvalue weighted by atomic mass is 9.85. The first-order valence-corrected chi connectivity index (χ1v) is 8.98. The number of amides is 1. The predicted molar refractivity (Wildman–Crippen MR) is 106 cm³/mol. The number of carbonyl (C=O) groups excluding carboxylic acids is 1. The van der Waals surface area contributed by atoms with Crippen molar-refractivity contribution < 1.29 is 4.79 Å². The van der Waals surface area contributed by atoms with Crippen molar-refractivity contribution in [1.82, 2.24) is 0 Å². The molecule has 0 saturated heterocycles. The summed E-state index contributed by atoms with van der Waals surface area (Å²) in [5, 5.41) is 1.05. The molecule has 1 atom stereocenters. The summed E-state index contributed by atoms with van der Waals surface area (Å²) in [4.78, 5) is 15.1. The van der Waals surface area contributed by atoms with Crippen LogP contribution < -0.4 is 10.6 Å². The number of para-hydroxylation sites is 1. The molecule has 0 aliphatic carbocycles. The molecule has 1 aliphatic heterocycles. The number of nitrogens with two attached hydrogens (primary N) is 1. The molecule has 1 aliphatic rings. The summed E-state index contributed by atoms with van der Waals surface area (Å²) < 4.78 is 0. The van der Waals surface area contributed by atoms with Crippen molar-refractivity contribution in [3.05, 3.63) is 99.5 Å². The minimum atomic E-state index is -1.23. The van der Waals surface area contributed by atoms with E-state index in [1.807, 2.05) is 54.6 Å². The smallest absolute Gasteiger partial charge is 0.256 e. The van der Waals surface area contributed by atoms with E-state index in [9.17, 15) is 4.79 Å². The second kappa shape index (κ2) is 6.44. The second-order valence-electron chi connectivity index (χ2n) is 6.28. The summed E-state index contributed by atoms with van der Waals surface area (Å²) in [6.45, 7) is 0.264. The highest BCUT2D eigenvalue weighted by Gasteiger charge is 2.49. The molecule has 0 spiro atoms. The molecule has 130 valence electrons. The summed E-state index contributed by atoms with van der Waals surface area (Å²) in [5.41, 5.74) is 8.48. The zero-order chi connectivity index (χ0) is 18.3. The summed E-state index contributed by atoms with van der Waals surface area (Å²) in [6.07, 6.45) is 0. The van der Waals surface area contributed by atoms with Crippen LogP contribution in [0.5, 0.6) is 0 Å². The van der Waals surface area contributed by atoms with Crippen LogP contribution in [0.3, 0.4) is 0 Å². The van der Waals surface area contributed by atoms with Crippen LogP contribution in [0.25, 0.3) is 0 Å². The Hall–Kier alpha value is -2.33. The maximum absolute atomic E-state index is 13.4. The number of anilines is 1. The number of halogens is 2. The van der Waals surface area contributed by atoms with E-state index in [1.165, 1.54) is 0 Å². The van der Waals surface area contributed by atoms with E-state index in [2.05, 4.69) is 0 Å². The normalized spacial score (nSPS) is 18.9. The Labute approximate surface area is 162 Å². The number of hydrogen-bond donors (Lipinski definition) is 1. The first kappa shape index (κ1) is 17.1. The topological polar surface area (TPSA) is 46.3 Å². The fraction of sp³-hybridized carbons (Fsp3) is 0.0952. The van der Waals surface area contributed by atoms with Gasteiger partial charge in [-0.05, 0) is 23.8 Å². The molecule has 0 saturated carbocycles. The maximum Gasteiger partial charge on any atom is 0.256 e. The van der Waals surface area contributed by atoms with Gasteiger partial charge in [-0.1, -0.05) is 77.8 Å². The van der Waals surface area contributed by atoms with Crippen LogP contribution in [0.15, 0.2) is 72.8 Å². The first-order chi connectivity index (χ1) is 12.5. The van der Waals surface area contributed by atoms with Gasteiger partial charge in [0.25, 0.3) is 5.91 Å². The number of benzene rings is 3. The van der Waals surface area contributed by atoms with E-state index in [0.717, 1.165) is 16.8 Å². The van der Waals surface area contributed by atoms with Crippen LogP contribution in [-0.2, 0) is 16.9 Å². The average Bonchev–Trinajstić information content (AvgIpc) is 2.88. The largest absolute Gasteiger partial charge is 0.310 e. The van der Waals surface area contributed by atoms with Crippen molar-refractivity contribution in [2.24, 2.45) is 5.73 Å². The fourth-order valence-electron chi connectivity index (χ4n) is 3.46. The van der Waals surface area contributed by atoms with Gasteiger partial charge in [-0.15, -0.1) is 0 Å². The highest BCUT2D eigenvalue weighted by atomic mass is 35.5. The zero-order valence-electron chi connectivity index (χ0n) is 13.8. The van der Waals surface area contributed by atoms with E-state index >= 15 is 0 Å². The number of carbonyl (C=O) groups is 1. The Bertz CT molecular complexity index is 970. The molecule has 3 nitrogen and oxygen atoms in total. The van der Waals surface area contributed by atoms with Crippen molar-refractivity contribution in [3.8, 4) is 0 Å². The number of hydrogen-bond acceptors (Lipinski definition) is 2. The second-order valence-corrected chi connectivity index (χ2v) is 7.10. The molecule has 0 radical (unpaired) electrons. The van der Waals surface area contributed by atoms with E-state index < -0.39 is 5.54 Å². The highest BCUT2D eigenvalue weighted by Crippen LogP contribution is 2.44. The van der Waals surface area contributed by atoms with Crippen LogP contribution in [0.2, 0.25) is 10.0 Å². The highest BCUT2D eigenvalue weighted by molar-refractivity contribution is 6.36. The van der Waals surface area contributed by atoms with Crippen molar-refractivity contribution in [2.75, 3.05) is 4.90 Å². The minimum Gasteiger partial charge on any atom is -0.310 e. The van der Waals surface area contributed by atoms with Crippen molar-refractivity contribution in [2.45, 2.75) is 12.1 Å². The van der Waals surface area contributed by atoms with Crippen molar-refractivity contribution >= 4 is 34.8 Å². The molecule has 0 unspecified atom stereocenters. The molecule has 3 aromatic rings. The lowest BCUT2D eigenvalue weighted by Gasteiger charge is -2.25. The third kappa shape index (κ3) is 2.52. The van der Waals surface area contributed by atoms with Crippen LogP contribution >= 0.6 is 23.2 Å². The van der Waals surface area contributed by atoms with E-state index in [1.54, 1.807) is 23.1 Å². The first-order valence-electron chi connectivity index (χ1n) is 8.22. The average molecular weight is 383 g/mol. The number of rotatable bonds is 3. The lowest BCUT2D eigenvalue weighted by molar-refractivity contribution is -0.121. The molecule has 26 heavy (non-hydrogen) atoms. The van der Waals surface area contributed by atoms with Gasteiger partial charge in [0, 0.05) is 21.2 Å². The fourth-order valence-corrected chi connectivity index (χ4v) is 3.98. The molecular weight excluding hydrogens is 367 g/mol. The van der Waals surface area contributed by atoms with Crippen molar-refractivity contribution in [1.29, 1.82) is 0 Å². The summed E-state index contributed by atoms with van der Waals surface area (Å²) >= 11 is 12.6. The van der Waals surface area contributed by atoms with Crippen LogP contribution in [-0.4, -0.2) is 5.91 Å². The molecule has 0 fully saturated rings. The molecule has 5 heteroatoms. The van der Waals surface area contributed by atoms with Crippen molar-refractivity contribution in [3.63, 3.8) is 0 Å². The van der Waals surface area contributed by atoms with Gasteiger partial charge in [0.1, 0.15) is 5.54 Å². The molecule has 4 rings (SSSR count). The number of nitrogens with zero attached hydrogens (tertiary/aromatic N) is 1. The molecule has 1 heterocycles.